The van der Waals surface area contributed by atoms with Crippen LogP contribution in [0.4, 0.5) is 0 Å². The highest BCUT2D eigenvalue weighted by Crippen LogP contribution is 2.42. The average Bonchev–Trinajstić information content (AvgIpc) is 3.11. The zero-order chi connectivity index (χ0) is 17.3. The zero-order valence-corrected chi connectivity index (χ0v) is 13.7. The van der Waals surface area contributed by atoms with E-state index in [0.717, 1.165) is 12.8 Å². The van der Waals surface area contributed by atoms with Crippen LogP contribution >= 0.6 is 0 Å². The van der Waals surface area contributed by atoms with Gasteiger partial charge in [0.15, 0.2) is 5.79 Å². The van der Waals surface area contributed by atoms with Crippen molar-refractivity contribution in [3.05, 3.63) is 33.1 Å². The molecule has 1 aromatic rings. The van der Waals surface area contributed by atoms with Gasteiger partial charge in [0.25, 0.3) is 5.56 Å². The Hall–Kier alpha value is -1.48. The van der Waals surface area contributed by atoms with Gasteiger partial charge < -0.3 is 19.7 Å². The van der Waals surface area contributed by atoms with Crippen LogP contribution in [0.25, 0.3) is 0 Å². The van der Waals surface area contributed by atoms with E-state index in [2.05, 4.69) is 4.98 Å². The van der Waals surface area contributed by atoms with Gasteiger partial charge in [0, 0.05) is 31.0 Å². The minimum atomic E-state index is -1.19. The number of nitrogens with one attached hydrogen (secondary N) is 1. The van der Waals surface area contributed by atoms with Crippen LogP contribution in [0, 0.1) is 5.92 Å². The summed E-state index contributed by atoms with van der Waals surface area (Å²) in [5.74, 6) is -1.42. The van der Waals surface area contributed by atoms with Gasteiger partial charge in [-0.25, -0.2) is 4.79 Å². The predicted octanol–water partition coefficient (Wildman–Crippen LogP) is 0.100. The van der Waals surface area contributed by atoms with Crippen molar-refractivity contribution in [2.24, 2.45) is 5.92 Å². The molecular weight excluding hydrogens is 316 g/mol. The van der Waals surface area contributed by atoms with E-state index >= 15 is 0 Å². The molecule has 1 saturated heterocycles. The summed E-state index contributed by atoms with van der Waals surface area (Å²) in [6.45, 7) is 1.67. The average molecular weight is 340 g/mol. The number of ether oxygens (including phenoxy) is 2. The van der Waals surface area contributed by atoms with Crippen molar-refractivity contribution >= 4 is 0 Å². The number of H-pyrrole nitrogens is 1. The molecule has 0 bridgehead atoms. The van der Waals surface area contributed by atoms with E-state index in [4.69, 9.17) is 9.47 Å². The van der Waals surface area contributed by atoms with Crippen LogP contribution in [0.2, 0.25) is 0 Å². The van der Waals surface area contributed by atoms with Gasteiger partial charge in [0.05, 0.1) is 12.7 Å². The van der Waals surface area contributed by atoms with E-state index < -0.39 is 35.5 Å². The molecule has 4 atom stereocenters. The second kappa shape index (κ2) is 6.79. The molecule has 24 heavy (non-hydrogen) atoms. The van der Waals surface area contributed by atoms with Crippen LogP contribution in [0.1, 0.15) is 45.3 Å². The van der Waals surface area contributed by atoms with E-state index in [1.54, 1.807) is 0 Å². The molecular formula is C16H24N2O6. The highest BCUT2D eigenvalue weighted by molar-refractivity contribution is 4.94. The lowest BCUT2D eigenvalue weighted by molar-refractivity contribution is -0.240. The quantitative estimate of drug-likeness (QED) is 0.655. The van der Waals surface area contributed by atoms with Crippen LogP contribution in [0.5, 0.6) is 0 Å². The molecule has 0 aromatic carbocycles. The Morgan fingerprint density at radius 1 is 1.42 bits per heavy atom. The molecule has 3 N–H and O–H groups in total. The maximum atomic E-state index is 12.1. The first-order chi connectivity index (χ1) is 11.5. The van der Waals surface area contributed by atoms with Crippen molar-refractivity contribution in [3.8, 4) is 0 Å². The van der Waals surface area contributed by atoms with Crippen molar-refractivity contribution in [2.75, 3.05) is 6.61 Å². The maximum absolute atomic E-state index is 12.1. The molecule has 1 aliphatic heterocycles. The van der Waals surface area contributed by atoms with Gasteiger partial charge in [-0.3, -0.25) is 14.3 Å². The van der Waals surface area contributed by atoms with E-state index in [9.17, 15) is 19.8 Å². The van der Waals surface area contributed by atoms with E-state index in [0.29, 0.717) is 19.3 Å². The highest BCUT2D eigenvalue weighted by Gasteiger charge is 2.49. The summed E-state index contributed by atoms with van der Waals surface area (Å²) < 4.78 is 13.1. The van der Waals surface area contributed by atoms with Gasteiger partial charge in [-0.05, 0) is 19.3 Å². The molecule has 8 heteroatoms. The summed E-state index contributed by atoms with van der Waals surface area (Å²) in [6, 6.07) is 1.25. The lowest BCUT2D eigenvalue weighted by Crippen LogP contribution is -2.42. The fraction of sp³-hybridized carbons (Fsp3) is 0.750. The molecule has 3 rings (SSSR count). The van der Waals surface area contributed by atoms with Crippen LogP contribution in [-0.4, -0.2) is 44.4 Å². The molecule has 1 aliphatic carbocycles. The monoisotopic (exact) mass is 340 g/mol. The van der Waals surface area contributed by atoms with Gasteiger partial charge in [0.1, 0.15) is 12.3 Å². The van der Waals surface area contributed by atoms with Crippen LogP contribution < -0.4 is 11.2 Å². The smallest absolute Gasteiger partial charge is 0.330 e. The first-order valence-corrected chi connectivity index (χ1v) is 8.45. The second-order valence-corrected chi connectivity index (χ2v) is 6.57. The Balaban J connectivity index is 1.89. The first kappa shape index (κ1) is 17.3. The van der Waals surface area contributed by atoms with Gasteiger partial charge in [-0.1, -0.05) is 6.92 Å². The summed E-state index contributed by atoms with van der Waals surface area (Å²) in [5.41, 5.74) is -1.04. The van der Waals surface area contributed by atoms with E-state index in [1.807, 2.05) is 6.92 Å². The van der Waals surface area contributed by atoms with Crippen LogP contribution in [-0.2, 0) is 9.47 Å². The summed E-state index contributed by atoms with van der Waals surface area (Å²) in [4.78, 5) is 25.5. The summed E-state index contributed by atoms with van der Waals surface area (Å²) >= 11 is 0. The second-order valence-electron chi connectivity index (χ2n) is 6.57. The molecule has 4 unspecified atom stereocenters. The number of hydrogen-bond donors (Lipinski definition) is 3. The van der Waals surface area contributed by atoms with Crippen molar-refractivity contribution in [3.63, 3.8) is 0 Å². The fourth-order valence-corrected chi connectivity index (χ4v) is 3.74. The van der Waals surface area contributed by atoms with Gasteiger partial charge in [0.2, 0.25) is 0 Å². The summed E-state index contributed by atoms with van der Waals surface area (Å²) in [6.07, 6.45) is 3.11. The third kappa shape index (κ3) is 3.19. The minimum absolute atomic E-state index is 0.227. The molecule has 0 spiro atoms. The Kier molecular flexibility index (Phi) is 4.91. The Morgan fingerprint density at radius 3 is 2.71 bits per heavy atom. The number of aliphatic hydroxyl groups excluding tert-OH is 1. The van der Waals surface area contributed by atoms with Crippen molar-refractivity contribution < 1.29 is 19.7 Å². The Bertz CT molecular complexity index is 678. The van der Waals surface area contributed by atoms with Gasteiger partial charge in [-0.2, -0.15) is 0 Å². The largest absolute Gasteiger partial charge is 0.394 e. The number of nitrogens with zero attached hydrogens (tertiary/aromatic N) is 1. The zero-order valence-electron chi connectivity index (χ0n) is 13.7. The molecule has 8 nitrogen and oxygen atoms in total. The van der Waals surface area contributed by atoms with Gasteiger partial charge in [-0.15, -0.1) is 0 Å². The number of hydrogen-bond acceptors (Lipinski definition) is 6. The standard InChI is InChI=1S/C16H24N2O6/c1-2-10-13(24-16(22)6-3-4-7-16)11(9-19)23-14(10)18-8-5-12(20)17-15(18)21/h5,8,10-11,13-14,19,22H,2-4,6-7,9H2,1H3,(H,17,20,21). The molecule has 2 fully saturated rings. The molecule has 0 amide bonds. The van der Waals surface area contributed by atoms with E-state index in [1.165, 1.54) is 16.8 Å². The lowest BCUT2D eigenvalue weighted by Gasteiger charge is -2.31. The first-order valence-electron chi connectivity index (χ1n) is 8.45. The van der Waals surface area contributed by atoms with Crippen LogP contribution in [0.15, 0.2) is 21.9 Å². The number of rotatable bonds is 5. The topological polar surface area (TPSA) is 114 Å². The predicted molar refractivity (Wildman–Crippen MR) is 84.4 cm³/mol. The maximum Gasteiger partial charge on any atom is 0.330 e. The highest BCUT2D eigenvalue weighted by atomic mass is 16.7. The number of aromatic amines is 1. The summed E-state index contributed by atoms with van der Waals surface area (Å²) in [5, 5.41) is 20.2. The molecule has 2 heterocycles. The normalized spacial score (nSPS) is 32.3. The van der Waals surface area contributed by atoms with E-state index in [-0.39, 0.29) is 12.5 Å². The van der Waals surface area contributed by atoms with Crippen molar-refractivity contribution in [2.45, 2.75) is 63.3 Å². The molecule has 1 aromatic heterocycles. The van der Waals surface area contributed by atoms with Crippen molar-refractivity contribution in [1.82, 2.24) is 9.55 Å². The number of aliphatic hydroxyl groups is 2. The molecule has 0 radical (unpaired) electrons. The lowest BCUT2D eigenvalue weighted by atomic mass is 9.96. The van der Waals surface area contributed by atoms with Crippen LogP contribution in [0.3, 0.4) is 0 Å². The SMILES string of the molecule is CCC1C(OC2(O)CCCC2)C(CO)OC1n1ccc(=O)[nH]c1=O. The van der Waals surface area contributed by atoms with Gasteiger partial charge >= 0.3 is 5.69 Å². The third-order valence-electron chi connectivity index (χ3n) is 4.99. The third-order valence-corrected chi connectivity index (χ3v) is 4.99. The molecule has 2 aliphatic rings. The number of aromatic nitrogens is 2. The Morgan fingerprint density at radius 2 is 2.12 bits per heavy atom. The van der Waals surface area contributed by atoms with Crippen molar-refractivity contribution in [1.29, 1.82) is 0 Å². The molecule has 1 saturated carbocycles. The minimum Gasteiger partial charge on any atom is -0.394 e. The fourth-order valence-electron chi connectivity index (χ4n) is 3.74. The Labute approximate surface area is 139 Å². The molecule has 134 valence electrons. The summed E-state index contributed by atoms with van der Waals surface area (Å²) in [7, 11) is 0.